The molecule has 1 rings (SSSR count). The van der Waals surface area contributed by atoms with Crippen molar-refractivity contribution in [2.24, 2.45) is 29.2 Å². The van der Waals surface area contributed by atoms with Crippen molar-refractivity contribution < 1.29 is 14.4 Å². The number of carbonyl (C=O) groups is 3. The maximum atomic E-state index is 11.9. The van der Waals surface area contributed by atoms with E-state index >= 15 is 0 Å². The van der Waals surface area contributed by atoms with E-state index in [4.69, 9.17) is 11.5 Å². The van der Waals surface area contributed by atoms with Crippen molar-refractivity contribution in [3.8, 4) is 0 Å². The Morgan fingerprint density at radius 3 is 2.15 bits per heavy atom. The molecule has 6 nitrogen and oxygen atoms in total. The molecule has 1 aliphatic rings. The number of primary amides is 2. The lowest BCUT2D eigenvalue weighted by molar-refractivity contribution is -0.125. The van der Waals surface area contributed by atoms with Crippen LogP contribution in [0.15, 0.2) is 0 Å². The SMILES string of the molecule is CC1CCCC(C(N)=O)CCCCCCCC(CNC(=O)CCC(N)=O)C1. The average Bonchev–Trinajstić information content (AvgIpc) is 2.61. The molecule has 0 bridgehead atoms. The Morgan fingerprint density at radius 2 is 1.48 bits per heavy atom. The normalized spacial score (nSPS) is 25.9. The predicted octanol–water partition coefficient (Wildman–Crippen LogP) is 3.03. The van der Waals surface area contributed by atoms with Gasteiger partial charge in [-0.25, -0.2) is 0 Å². The first-order valence-electron chi connectivity index (χ1n) is 10.7. The van der Waals surface area contributed by atoms with Gasteiger partial charge in [0.1, 0.15) is 0 Å². The van der Waals surface area contributed by atoms with Gasteiger partial charge in [-0.05, 0) is 37.5 Å². The highest BCUT2D eigenvalue weighted by atomic mass is 16.2. The molecule has 1 fully saturated rings. The molecular formula is C21H39N3O3. The van der Waals surface area contributed by atoms with Gasteiger partial charge in [-0.1, -0.05) is 51.9 Å². The molecule has 1 aliphatic carbocycles. The molecule has 1 saturated carbocycles. The second kappa shape index (κ2) is 13.6. The molecule has 3 atom stereocenters. The fourth-order valence-electron chi connectivity index (χ4n) is 4.07. The van der Waals surface area contributed by atoms with Gasteiger partial charge in [0.25, 0.3) is 0 Å². The van der Waals surface area contributed by atoms with Gasteiger partial charge in [-0.15, -0.1) is 0 Å². The fourth-order valence-corrected chi connectivity index (χ4v) is 4.07. The molecule has 6 heteroatoms. The number of rotatable bonds is 6. The van der Waals surface area contributed by atoms with E-state index in [1.54, 1.807) is 0 Å². The quantitative estimate of drug-likeness (QED) is 0.656. The van der Waals surface area contributed by atoms with E-state index < -0.39 is 5.91 Å². The van der Waals surface area contributed by atoms with Gasteiger partial charge >= 0.3 is 0 Å². The molecule has 0 saturated heterocycles. The molecular weight excluding hydrogens is 342 g/mol. The fraction of sp³-hybridized carbons (Fsp3) is 0.857. The molecule has 0 aromatic carbocycles. The van der Waals surface area contributed by atoms with Crippen molar-refractivity contribution in [3.63, 3.8) is 0 Å². The Balaban J connectivity index is 2.49. The summed E-state index contributed by atoms with van der Waals surface area (Å²) in [5, 5.41) is 2.98. The molecule has 5 N–H and O–H groups in total. The highest BCUT2D eigenvalue weighted by molar-refractivity contribution is 5.82. The van der Waals surface area contributed by atoms with E-state index in [0.29, 0.717) is 18.4 Å². The van der Waals surface area contributed by atoms with Crippen molar-refractivity contribution in [2.75, 3.05) is 6.54 Å². The van der Waals surface area contributed by atoms with Gasteiger partial charge in [-0.2, -0.15) is 0 Å². The summed E-state index contributed by atoms with van der Waals surface area (Å²) in [6.45, 7) is 2.93. The van der Waals surface area contributed by atoms with Gasteiger partial charge in [0.05, 0.1) is 0 Å². The molecule has 0 spiro atoms. The van der Waals surface area contributed by atoms with E-state index in [1.807, 2.05) is 0 Å². The van der Waals surface area contributed by atoms with Gasteiger partial charge in [0.2, 0.25) is 17.7 Å². The van der Waals surface area contributed by atoms with Crippen LogP contribution in [0.1, 0.15) is 90.4 Å². The standard InChI is InChI=1S/C21H39N3O3/c1-16-8-7-11-18(21(23)27)10-6-4-2-3-5-9-17(14-16)15-24-20(26)13-12-19(22)25/h16-18H,2-15H2,1H3,(H2,22,25)(H2,23,27)(H,24,26). The smallest absolute Gasteiger partial charge is 0.220 e. The molecule has 3 unspecified atom stereocenters. The minimum Gasteiger partial charge on any atom is -0.370 e. The molecule has 0 heterocycles. The lowest BCUT2D eigenvalue weighted by Crippen LogP contribution is -2.31. The summed E-state index contributed by atoms with van der Waals surface area (Å²) in [5.41, 5.74) is 10.7. The van der Waals surface area contributed by atoms with Crippen LogP contribution in [-0.2, 0) is 14.4 Å². The maximum absolute atomic E-state index is 11.9. The molecule has 0 aromatic rings. The summed E-state index contributed by atoms with van der Waals surface area (Å²) >= 11 is 0. The zero-order valence-corrected chi connectivity index (χ0v) is 17.0. The number of nitrogens with two attached hydrogens (primary N) is 2. The summed E-state index contributed by atoms with van der Waals surface area (Å²) < 4.78 is 0. The third kappa shape index (κ3) is 11.7. The minimum absolute atomic E-state index is 0.0282. The van der Waals surface area contributed by atoms with Crippen molar-refractivity contribution in [1.29, 1.82) is 0 Å². The van der Waals surface area contributed by atoms with Crippen LogP contribution in [0.3, 0.4) is 0 Å². The van der Waals surface area contributed by atoms with Crippen LogP contribution in [-0.4, -0.2) is 24.3 Å². The Hall–Kier alpha value is -1.59. The lowest BCUT2D eigenvalue weighted by Gasteiger charge is -2.23. The van der Waals surface area contributed by atoms with Gasteiger partial charge < -0.3 is 16.8 Å². The topological polar surface area (TPSA) is 115 Å². The van der Waals surface area contributed by atoms with Crippen molar-refractivity contribution in [1.82, 2.24) is 5.32 Å². The number of nitrogens with one attached hydrogen (secondary N) is 1. The predicted molar refractivity (Wildman–Crippen MR) is 108 cm³/mol. The van der Waals surface area contributed by atoms with E-state index in [9.17, 15) is 14.4 Å². The summed E-state index contributed by atoms with van der Waals surface area (Å²) in [5.74, 6) is 0.379. The number of carbonyl (C=O) groups excluding carboxylic acids is 3. The van der Waals surface area contributed by atoms with Gasteiger partial charge in [0.15, 0.2) is 0 Å². The lowest BCUT2D eigenvalue weighted by atomic mass is 9.86. The maximum Gasteiger partial charge on any atom is 0.220 e. The monoisotopic (exact) mass is 381 g/mol. The minimum atomic E-state index is -0.439. The third-order valence-corrected chi connectivity index (χ3v) is 5.74. The average molecular weight is 382 g/mol. The third-order valence-electron chi connectivity index (χ3n) is 5.74. The molecule has 3 amide bonds. The van der Waals surface area contributed by atoms with Crippen LogP contribution < -0.4 is 16.8 Å². The first kappa shape index (κ1) is 23.4. The highest BCUT2D eigenvalue weighted by Gasteiger charge is 2.18. The van der Waals surface area contributed by atoms with E-state index in [-0.39, 0.29) is 30.6 Å². The zero-order valence-electron chi connectivity index (χ0n) is 17.0. The van der Waals surface area contributed by atoms with Crippen molar-refractivity contribution in [2.45, 2.75) is 90.4 Å². The molecule has 0 radical (unpaired) electrons. The Labute approximate surface area is 164 Å². The van der Waals surface area contributed by atoms with E-state index in [0.717, 1.165) is 51.4 Å². The summed E-state index contributed by atoms with van der Waals surface area (Å²) in [6.07, 6.45) is 12.3. The Bertz CT molecular complexity index is 468. The zero-order chi connectivity index (χ0) is 20.1. The second-order valence-electron chi connectivity index (χ2n) is 8.35. The van der Waals surface area contributed by atoms with E-state index in [1.165, 1.54) is 19.3 Å². The number of hydrogen-bond donors (Lipinski definition) is 3. The van der Waals surface area contributed by atoms with Gasteiger partial charge in [0, 0.05) is 25.3 Å². The van der Waals surface area contributed by atoms with Crippen LogP contribution in [0.25, 0.3) is 0 Å². The van der Waals surface area contributed by atoms with Crippen molar-refractivity contribution >= 4 is 17.7 Å². The summed E-state index contributed by atoms with van der Waals surface area (Å²) in [6, 6.07) is 0. The summed E-state index contributed by atoms with van der Waals surface area (Å²) in [7, 11) is 0. The number of hydrogen-bond acceptors (Lipinski definition) is 3. The highest BCUT2D eigenvalue weighted by Crippen LogP contribution is 2.25. The Kier molecular flexibility index (Phi) is 11.8. The molecule has 0 aromatic heterocycles. The Morgan fingerprint density at radius 1 is 0.852 bits per heavy atom. The van der Waals surface area contributed by atoms with Gasteiger partial charge in [-0.3, -0.25) is 14.4 Å². The van der Waals surface area contributed by atoms with Crippen LogP contribution in [0, 0.1) is 17.8 Å². The van der Waals surface area contributed by atoms with Crippen molar-refractivity contribution in [3.05, 3.63) is 0 Å². The molecule has 0 aliphatic heterocycles. The van der Waals surface area contributed by atoms with Crippen LogP contribution in [0.4, 0.5) is 0 Å². The van der Waals surface area contributed by atoms with Crippen LogP contribution in [0.2, 0.25) is 0 Å². The second-order valence-corrected chi connectivity index (χ2v) is 8.35. The largest absolute Gasteiger partial charge is 0.370 e. The first-order chi connectivity index (χ1) is 12.9. The first-order valence-corrected chi connectivity index (χ1v) is 10.7. The van der Waals surface area contributed by atoms with Crippen LogP contribution >= 0.6 is 0 Å². The summed E-state index contributed by atoms with van der Waals surface area (Å²) in [4.78, 5) is 34.3. The molecule has 27 heavy (non-hydrogen) atoms. The van der Waals surface area contributed by atoms with Crippen LogP contribution in [0.5, 0.6) is 0 Å². The van der Waals surface area contributed by atoms with E-state index in [2.05, 4.69) is 12.2 Å². The molecule has 156 valence electrons. The number of amides is 3.